The summed E-state index contributed by atoms with van der Waals surface area (Å²) in [6.45, 7) is 0. The molecule has 0 amide bonds. The van der Waals surface area contributed by atoms with Crippen molar-refractivity contribution in [1.82, 2.24) is 0 Å². The van der Waals surface area contributed by atoms with Crippen LogP contribution in [-0.2, 0) is 10.7 Å². The average molecular weight is 396 g/mol. The molecular weight excluding hydrogens is 384 g/mol. The van der Waals surface area contributed by atoms with Crippen LogP contribution in [0.3, 0.4) is 0 Å². The second-order valence-electron chi connectivity index (χ2n) is 4.35. The van der Waals surface area contributed by atoms with Crippen LogP contribution in [0.5, 0.6) is 0 Å². The summed E-state index contributed by atoms with van der Waals surface area (Å²) in [5.74, 6) is 0. The van der Waals surface area contributed by atoms with Crippen molar-refractivity contribution in [3.8, 4) is 10.4 Å². The summed E-state index contributed by atoms with van der Waals surface area (Å²) >= 11 is 9.04. The molecule has 0 spiro atoms. The maximum atomic E-state index is 3.63. The van der Waals surface area contributed by atoms with Crippen LogP contribution in [0, 0.1) is 0 Å². The molecule has 0 aliphatic heterocycles. The van der Waals surface area contributed by atoms with Gasteiger partial charge in [0.2, 0.25) is 0 Å². The highest BCUT2D eigenvalue weighted by atomic mass is 79.9. The molecule has 3 rings (SSSR count). The number of alkyl halides is 2. The predicted molar refractivity (Wildman–Crippen MR) is 92.5 cm³/mol. The van der Waals surface area contributed by atoms with Crippen LogP contribution in [0.25, 0.3) is 21.2 Å². The van der Waals surface area contributed by atoms with Crippen LogP contribution in [0.15, 0.2) is 47.8 Å². The predicted octanol–water partition coefficient (Wildman–Crippen LogP) is 6.36. The van der Waals surface area contributed by atoms with Gasteiger partial charge in [0.25, 0.3) is 0 Å². The molecule has 0 aliphatic carbocycles. The first-order valence-electron chi connectivity index (χ1n) is 6.04. The van der Waals surface area contributed by atoms with Crippen LogP contribution in [0.4, 0.5) is 0 Å². The Balaban J connectivity index is 2.40. The van der Waals surface area contributed by atoms with Gasteiger partial charge in [-0.2, -0.15) is 0 Å². The lowest BCUT2D eigenvalue weighted by Crippen LogP contribution is -1.92. The van der Waals surface area contributed by atoms with Crippen molar-refractivity contribution in [2.24, 2.45) is 0 Å². The normalized spacial score (nSPS) is 11.1. The van der Waals surface area contributed by atoms with E-state index in [1.807, 2.05) is 0 Å². The first-order valence-corrected chi connectivity index (χ1v) is 9.16. The zero-order chi connectivity index (χ0) is 13.2. The summed E-state index contributed by atoms with van der Waals surface area (Å²) in [5, 5.41) is 6.59. The van der Waals surface area contributed by atoms with Crippen molar-refractivity contribution < 1.29 is 0 Å². The van der Waals surface area contributed by atoms with Crippen LogP contribution in [-0.4, -0.2) is 0 Å². The molecular formula is C16H12Br2S. The van der Waals surface area contributed by atoms with E-state index in [-0.39, 0.29) is 0 Å². The number of rotatable bonds is 3. The van der Waals surface area contributed by atoms with Gasteiger partial charge in [-0.15, -0.1) is 11.3 Å². The van der Waals surface area contributed by atoms with Crippen LogP contribution in [0.2, 0.25) is 0 Å². The summed E-state index contributed by atoms with van der Waals surface area (Å²) in [5.41, 5.74) is 4.08. The van der Waals surface area contributed by atoms with Gasteiger partial charge in [-0.1, -0.05) is 62.2 Å². The third-order valence-electron chi connectivity index (χ3n) is 3.31. The van der Waals surface area contributed by atoms with E-state index < -0.39 is 0 Å². The molecule has 0 N–H and O–H groups in total. The lowest BCUT2D eigenvalue weighted by atomic mass is 9.95. The minimum absolute atomic E-state index is 0.886. The Morgan fingerprint density at radius 2 is 1.68 bits per heavy atom. The topological polar surface area (TPSA) is 0 Å². The molecule has 2 aromatic carbocycles. The third-order valence-corrected chi connectivity index (χ3v) is 5.38. The molecule has 0 nitrogen and oxygen atoms in total. The summed E-state index contributed by atoms with van der Waals surface area (Å²) in [6, 6.07) is 15.3. The van der Waals surface area contributed by atoms with Gasteiger partial charge in [0.15, 0.2) is 0 Å². The quantitative estimate of drug-likeness (QED) is 0.452. The Kier molecular flexibility index (Phi) is 4.06. The second kappa shape index (κ2) is 5.78. The van der Waals surface area contributed by atoms with Crippen molar-refractivity contribution >= 4 is 54.0 Å². The monoisotopic (exact) mass is 394 g/mol. The van der Waals surface area contributed by atoms with E-state index in [1.165, 1.54) is 32.3 Å². The molecule has 0 saturated heterocycles. The van der Waals surface area contributed by atoms with Crippen LogP contribution >= 0.6 is 43.2 Å². The van der Waals surface area contributed by atoms with E-state index in [9.17, 15) is 0 Å². The molecule has 0 aliphatic rings. The number of thiophene rings is 1. The molecule has 0 atom stereocenters. The van der Waals surface area contributed by atoms with Gasteiger partial charge in [0.1, 0.15) is 0 Å². The van der Waals surface area contributed by atoms with Crippen molar-refractivity contribution in [2.75, 3.05) is 0 Å². The summed E-state index contributed by atoms with van der Waals surface area (Å²) in [7, 11) is 0. The Morgan fingerprint density at radius 1 is 0.895 bits per heavy atom. The summed E-state index contributed by atoms with van der Waals surface area (Å²) in [4.78, 5) is 1.33. The van der Waals surface area contributed by atoms with Crippen LogP contribution in [0.1, 0.15) is 11.1 Å². The lowest BCUT2D eigenvalue weighted by Gasteiger charge is -2.13. The van der Waals surface area contributed by atoms with Gasteiger partial charge in [0.05, 0.1) is 0 Å². The second-order valence-corrected chi connectivity index (χ2v) is 6.42. The molecule has 1 heterocycles. The summed E-state index contributed by atoms with van der Waals surface area (Å²) in [6.07, 6.45) is 0. The van der Waals surface area contributed by atoms with E-state index in [0.717, 1.165) is 10.7 Å². The fourth-order valence-corrected chi connectivity index (χ4v) is 4.33. The Bertz CT molecular complexity index is 702. The number of fused-ring (bicyclic) bond motifs is 1. The molecule has 96 valence electrons. The lowest BCUT2D eigenvalue weighted by molar-refractivity contribution is 1.34. The van der Waals surface area contributed by atoms with E-state index in [1.54, 1.807) is 11.3 Å². The van der Waals surface area contributed by atoms with Crippen molar-refractivity contribution in [3.05, 3.63) is 59.0 Å². The fraction of sp³-hybridized carbons (Fsp3) is 0.125. The molecule has 1 aromatic heterocycles. The van der Waals surface area contributed by atoms with Gasteiger partial charge < -0.3 is 0 Å². The van der Waals surface area contributed by atoms with E-state index in [2.05, 4.69) is 79.7 Å². The van der Waals surface area contributed by atoms with Gasteiger partial charge in [-0.25, -0.2) is 0 Å². The largest absolute Gasteiger partial charge is 0.144 e. The first-order chi connectivity index (χ1) is 9.35. The molecule has 0 radical (unpaired) electrons. The minimum Gasteiger partial charge on any atom is -0.144 e. The highest BCUT2D eigenvalue weighted by Crippen LogP contribution is 2.36. The molecule has 19 heavy (non-hydrogen) atoms. The highest BCUT2D eigenvalue weighted by Gasteiger charge is 2.12. The van der Waals surface area contributed by atoms with Crippen molar-refractivity contribution in [2.45, 2.75) is 10.7 Å². The van der Waals surface area contributed by atoms with E-state index in [0.29, 0.717) is 0 Å². The van der Waals surface area contributed by atoms with Gasteiger partial charge >= 0.3 is 0 Å². The highest BCUT2D eigenvalue weighted by molar-refractivity contribution is 9.09. The Morgan fingerprint density at radius 3 is 2.32 bits per heavy atom. The Hall–Kier alpha value is -0.640. The fourth-order valence-electron chi connectivity index (χ4n) is 2.41. The maximum Gasteiger partial charge on any atom is 0.0349 e. The standard InChI is InChI=1S/C16H12Br2S/c17-9-11-8-14(16-6-3-7-19-16)12-4-1-2-5-13(12)15(11)10-18/h1-8H,9-10H2. The Labute approximate surface area is 133 Å². The zero-order valence-electron chi connectivity index (χ0n) is 10.2. The van der Waals surface area contributed by atoms with E-state index >= 15 is 0 Å². The summed E-state index contributed by atoms with van der Waals surface area (Å²) < 4.78 is 0. The molecule has 0 bridgehead atoms. The molecule has 0 saturated carbocycles. The maximum absolute atomic E-state index is 3.63. The zero-order valence-corrected chi connectivity index (χ0v) is 14.2. The van der Waals surface area contributed by atoms with Crippen LogP contribution < -0.4 is 0 Å². The smallest absolute Gasteiger partial charge is 0.0349 e. The van der Waals surface area contributed by atoms with Crippen molar-refractivity contribution in [3.63, 3.8) is 0 Å². The number of hydrogen-bond donors (Lipinski definition) is 0. The number of benzene rings is 2. The molecule has 0 fully saturated rings. The molecule has 3 heteroatoms. The SMILES string of the molecule is BrCc1cc(-c2cccs2)c2ccccc2c1CBr. The van der Waals surface area contributed by atoms with Gasteiger partial charge in [0, 0.05) is 15.5 Å². The number of hydrogen-bond acceptors (Lipinski definition) is 1. The first kappa shape index (κ1) is 13.3. The number of halogens is 2. The van der Waals surface area contributed by atoms with E-state index in [4.69, 9.17) is 0 Å². The van der Waals surface area contributed by atoms with Gasteiger partial charge in [-0.05, 0) is 45.0 Å². The van der Waals surface area contributed by atoms with Crippen molar-refractivity contribution in [1.29, 1.82) is 0 Å². The minimum atomic E-state index is 0.886. The third kappa shape index (κ3) is 2.39. The van der Waals surface area contributed by atoms with Gasteiger partial charge in [-0.3, -0.25) is 0 Å². The molecule has 3 aromatic rings. The average Bonchev–Trinajstić information content (AvgIpc) is 2.99. The molecule has 0 unspecified atom stereocenters.